The van der Waals surface area contributed by atoms with Crippen LogP contribution in [-0.2, 0) is 9.59 Å². The Hall–Kier alpha value is -2.77. The number of aliphatic carboxylic acids is 1. The third-order valence-electron chi connectivity index (χ3n) is 2.20. The highest BCUT2D eigenvalue weighted by atomic mass is 16.4. The standard InChI is InChI=1S/C11H11N5O3/c17-9(15-6-10(18)19)5-14-8-2-1-7-11(16-8)13-4-3-12-7/h1-4H,5-6H2,(H,15,17)(H,18,19)(H,13,14,16). The summed E-state index contributed by atoms with van der Waals surface area (Å²) in [6.07, 6.45) is 3.09. The van der Waals surface area contributed by atoms with E-state index in [-0.39, 0.29) is 6.54 Å². The topological polar surface area (TPSA) is 117 Å². The van der Waals surface area contributed by atoms with E-state index < -0.39 is 18.4 Å². The molecule has 0 aliphatic carbocycles. The maximum Gasteiger partial charge on any atom is 0.322 e. The molecule has 0 unspecified atom stereocenters. The van der Waals surface area contributed by atoms with E-state index in [4.69, 9.17) is 5.11 Å². The Morgan fingerprint density at radius 2 is 1.95 bits per heavy atom. The lowest BCUT2D eigenvalue weighted by Crippen LogP contribution is -2.33. The van der Waals surface area contributed by atoms with Crippen LogP contribution in [0.15, 0.2) is 24.5 Å². The van der Waals surface area contributed by atoms with E-state index in [0.29, 0.717) is 17.0 Å². The Morgan fingerprint density at radius 3 is 2.74 bits per heavy atom. The SMILES string of the molecule is O=C(O)CNC(=O)CNc1ccc2nccnc2n1. The summed E-state index contributed by atoms with van der Waals surface area (Å²) in [5, 5.41) is 13.4. The van der Waals surface area contributed by atoms with Crippen molar-refractivity contribution in [2.45, 2.75) is 0 Å². The van der Waals surface area contributed by atoms with E-state index in [0.717, 1.165) is 0 Å². The largest absolute Gasteiger partial charge is 0.480 e. The number of pyridine rings is 1. The fourth-order valence-electron chi connectivity index (χ4n) is 1.36. The molecular weight excluding hydrogens is 250 g/mol. The second-order valence-corrected chi connectivity index (χ2v) is 3.62. The molecule has 3 N–H and O–H groups in total. The molecule has 1 amide bonds. The van der Waals surface area contributed by atoms with Crippen LogP contribution in [-0.4, -0.2) is 45.0 Å². The molecule has 2 aromatic heterocycles. The molecule has 0 fully saturated rings. The number of carboxylic acids is 1. The van der Waals surface area contributed by atoms with Gasteiger partial charge in [0.15, 0.2) is 5.65 Å². The Kier molecular flexibility index (Phi) is 3.81. The fraction of sp³-hybridized carbons (Fsp3) is 0.182. The Bertz CT molecular complexity index is 616. The molecule has 0 saturated heterocycles. The first kappa shape index (κ1) is 12.7. The van der Waals surface area contributed by atoms with Crippen LogP contribution in [0.25, 0.3) is 11.2 Å². The third kappa shape index (κ3) is 3.60. The van der Waals surface area contributed by atoms with Gasteiger partial charge in [0.05, 0.1) is 6.54 Å². The normalized spacial score (nSPS) is 10.1. The molecule has 98 valence electrons. The molecule has 0 atom stereocenters. The van der Waals surface area contributed by atoms with Crippen LogP contribution < -0.4 is 10.6 Å². The van der Waals surface area contributed by atoms with Crippen molar-refractivity contribution in [1.29, 1.82) is 0 Å². The molecule has 8 heteroatoms. The summed E-state index contributed by atoms with van der Waals surface area (Å²) in [5.74, 6) is -1.05. The molecule has 0 aliphatic rings. The summed E-state index contributed by atoms with van der Waals surface area (Å²) in [6, 6.07) is 3.40. The van der Waals surface area contributed by atoms with Crippen molar-refractivity contribution in [1.82, 2.24) is 20.3 Å². The van der Waals surface area contributed by atoms with Crippen LogP contribution in [0.4, 0.5) is 5.82 Å². The van der Waals surface area contributed by atoms with E-state index in [2.05, 4.69) is 25.6 Å². The summed E-state index contributed by atoms with van der Waals surface area (Å²) >= 11 is 0. The van der Waals surface area contributed by atoms with Crippen molar-refractivity contribution in [3.8, 4) is 0 Å². The van der Waals surface area contributed by atoms with E-state index in [1.165, 1.54) is 6.20 Å². The number of carboxylic acid groups (broad SMARTS) is 1. The first-order valence-corrected chi connectivity index (χ1v) is 5.45. The van der Waals surface area contributed by atoms with Crippen molar-refractivity contribution < 1.29 is 14.7 Å². The molecule has 0 bridgehead atoms. The zero-order chi connectivity index (χ0) is 13.7. The molecule has 2 heterocycles. The van der Waals surface area contributed by atoms with Gasteiger partial charge < -0.3 is 15.7 Å². The Morgan fingerprint density at radius 1 is 1.16 bits per heavy atom. The number of hydrogen-bond acceptors (Lipinski definition) is 6. The molecule has 2 aromatic rings. The lowest BCUT2D eigenvalue weighted by atomic mass is 10.4. The van der Waals surface area contributed by atoms with Gasteiger partial charge in [0, 0.05) is 12.4 Å². The second-order valence-electron chi connectivity index (χ2n) is 3.62. The van der Waals surface area contributed by atoms with E-state index in [1.54, 1.807) is 18.3 Å². The quantitative estimate of drug-likeness (QED) is 0.672. The average Bonchev–Trinajstić information content (AvgIpc) is 2.42. The first-order chi connectivity index (χ1) is 9.15. The van der Waals surface area contributed by atoms with Gasteiger partial charge in [-0.15, -0.1) is 0 Å². The summed E-state index contributed by atoms with van der Waals surface area (Å²) in [4.78, 5) is 33.8. The molecule has 0 saturated carbocycles. The minimum Gasteiger partial charge on any atom is -0.480 e. The summed E-state index contributed by atoms with van der Waals surface area (Å²) in [5.41, 5.74) is 1.13. The monoisotopic (exact) mass is 261 g/mol. The number of nitrogens with one attached hydrogen (secondary N) is 2. The van der Waals surface area contributed by atoms with Gasteiger partial charge in [-0.25, -0.2) is 9.97 Å². The third-order valence-corrected chi connectivity index (χ3v) is 2.20. The predicted octanol–water partition coefficient (Wildman–Crippen LogP) is -0.363. The number of carbonyl (C=O) groups is 2. The molecule has 2 rings (SSSR count). The minimum absolute atomic E-state index is 0.0634. The smallest absolute Gasteiger partial charge is 0.322 e. The van der Waals surface area contributed by atoms with Gasteiger partial charge in [-0.3, -0.25) is 14.6 Å². The highest BCUT2D eigenvalue weighted by Gasteiger charge is 2.05. The highest BCUT2D eigenvalue weighted by Crippen LogP contribution is 2.09. The number of fused-ring (bicyclic) bond motifs is 1. The van der Waals surface area contributed by atoms with Crippen molar-refractivity contribution in [2.24, 2.45) is 0 Å². The van der Waals surface area contributed by atoms with Gasteiger partial charge in [0.25, 0.3) is 0 Å². The van der Waals surface area contributed by atoms with Gasteiger partial charge in [-0.1, -0.05) is 0 Å². The molecule has 0 radical (unpaired) electrons. The minimum atomic E-state index is -1.09. The van der Waals surface area contributed by atoms with Crippen LogP contribution >= 0.6 is 0 Å². The van der Waals surface area contributed by atoms with Gasteiger partial charge in [0.1, 0.15) is 17.9 Å². The van der Waals surface area contributed by atoms with E-state index in [9.17, 15) is 9.59 Å². The second kappa shape index (κ2) is 5.71. The maximum absolute atomic E-state index is 11.3. The summed E-state index contributed by atoms with van der Waals surface area (Å²) in [6.45, 7) is -0.469. The number of amides is 1. The zero-order valence-corrected chi connectivity index (χ0v) is 9.83. The van der Waals surface area contributed by atoms with Gasteiger partial charge in [-0.05, 0) is 12.1 Å². The van der Waals surface area contributed by atoms with Crippen LogP contribution in [0.1, 0.15) is 0 Å². The van der Waals surface area contributed by atoms with Crippen molar-refractivity contribution >= 4 is 28.9 Å². The van der Waals surface area contributed by atoms with Crippen LogP contribution in [0.5, 0.6) is 0 Å². The predicted molar refractivity (Wildman–Crippen MR) is 66.5 cm³/mol. The molecule has 0 aromatic carbocycles. The van der Waals surface area contributed by atoms with Crippen molar-refractivity contribution in [3.05, 3.63) is 24.5 Å². The fourth-order valence-corrected chi connectivity index (χ4v) is 1.36. The van der Waals surface area contributed by atoms with Crippen LogP contribution in [0, 0.1) is 0 Å². The number of anilines is 1. The van der Waals surface area contributed by atoms with Crippen molar-refractivity contribution in [3.63, 3.8) is 0 Å². The first-order valence-electron chi connectivity index (χ1n) is 5.45. The van der Waals surface area contributed by atoms with Crippen molar-refractivity contribution in [2.75, 3.05) is 18.4 Å². The molecular formula is C11H11N5O3. The summed E-state index contributed by atoms with van der Waals surface area (Å²) < 4.78 is 0. The molecule has 19 heavy (non-hydrogen) atoms. The van der Waals surface area contributed by atoms with Gasteiger partial charge >= 0.3 is 5.97 Å². The number of hydrogen-bond donors (Lipinski definition) is 3. The molecule has 0 aliphatic heterocycles. The number of aromatic nitrogens is 3. The number of rotatable bonds is 5. The Labute approximate surface area is 107 Å². The number of nitrogens with zero attached hydrogens (tertiary/aromatic N) is 3. The van der Waals surface area contributed by atoms with Crippen LogP contribution in [0.2, 0.25) is 0 Å². The highest BCUT2D eigenvalue weighted by molar-refractivity contribution is 5.84. The lowest BCUT2D eigenvalue weighted by Gasteiger charge is -2.06. The zero-order valence-electron chi connectivity index (χ0n) is 9.83. The summed E-state index contributed by atoms with van der Waals surface area (Å²) in [7, 11) is 0. The Balaban J connectivity index is 1.94. The van der Waals surface area contributed by atoms with Crippen LogP contribution in [0.3, 0.4) is 0 Å². The van der Waals surface area contributed by atoms with E-state index in [1.807, 2.05) is 0 Å². The van der Waals surface area contributed by atoms with Gasteiger partial charge in [-0.2, -0.15) is 0 Å². The number of carbonyl (C=O) groups excluding carboxylic acids is 1. The average molecular weight is 261 g/mol. The van der Waals surface area contributed by atoms with Gasteiger partial charge in [0.2, 0.25) is 5.91 Å². The lowest BCUT2D eigenvalue weighted by molar-refractivity contribution is -0.137. The molecule has 8 nitrogen and oxygen atoms in total. The molecule has 0 spiro atoms. The maximum atomic E-state index is 11.3. The van der Waals surface area contributed by atoms with E-state index >= 15 is 0 Å².